The minimum Gasteiger partial charge on any atom is -0.491 e. The second kappa shape index (κ2) is 16.6. The third-order valence-corrected chi connectivity index (χ3v) is 9.42. The molecule has 2 atom stereocenters. The lowest BCUT2D eigenvalue weighted by Gasteiger charge is -2.37. The van der Waals surface area contributed by atoms with E-state index >= 15 is 0 Å². The molecule has 14 heteroatoms. The Bertz CT molecular complexity index is 1890. The van der Waals surface area contributed by atoms with E-state index in [4.69, 9.17) is 42.1 Å². The Hall–Kier alpha value is -5.01. The summed E-state index contributed by atoms with van der Waals surface area (Å²) in [5.41, 5.74) is 4.58. The van der Waals surface area contributed by atoms with Crippen molar-refractivity contribution < 1.29 is 23.7 Å². The first-order valence-corrected chi connectivity index (χ1v) is 17.8. The number of para-hydroxylation sites is 1. The van der Waals surface area contributed by atoms with Gasteiger partial charge in [-0.25, -0.2) is 14.5 Å². The second-order valence-electron chi connectivity index (χ2n) is 12.4. The first-order valence-electron chi connectivity index (χ1n) is 17.1. The predicted molar refractivity (Wildman–Crippen MR) is 202 cm³/mol. The van der Waals surface area contributed by atoms with Crippen molar-refractivity contribution in [3.63, 3.8) is 0 Å². The lowest BCUT2D eigenvalue weighted by molar-refractivity contribution is -0.190. The molecule has 1 amide bonds. The lowest BCUT2D eigenvalue weighted by atomic mass is 10.1. The van der Waals surface area contributed by atoms with Gasteiger partial charge in [-0.2, -0.15) is 5.10 Å². The van der Waals surface area contributed by atoms with Crippen molar-refractivity contribution in [2.75, 3.05) is 73.0 Å². The highest BCUT2D eigenvalue weighted by molar-refractivity contribution is 6.35. The summed E-state index contributed by atoms with van der Waals surface area (Å²) in [7, 11) is 0. The van der Waals surface area contributed by atoms with Crippen LogP contribution in [-0.4, -0.2) is 79.5 Å². The Morgan fingerprint density at radius 2 is 1.60 bits per heavy atom. The van der Waals surface area contributed by atoms with Gasteiger partial charge in [0, 0.05) is 66.1 Å². The van der Waals surface area contributed by atoms with E-state index in [9.17, 15) is 4.79 Å². The standard InChI is InChI=1S/C38H39Cl2N7O5/c39-28-6-15-35(36(40)22-28)38(25-47-27-41-26-43-47)51-24-34(52-38)23-50-33-13-11-32(12-14-33)46-19-17-45(18-20-46)31-9-7-30(8-10-31)44-37(48)49-21-16-42-29-4-2-1-3-5-29/h1-15,22,26-27,34,42H,16-21,23-25H2,(H,44,48)/t34-,38-/m1/s1. The van der Waals surface area contributed by atoms with Crippen LogP contribution in [0.25, 0.3) is 0 Å². The van der Waals surface area contributed by atoms with E-state index in [1.165, 1.54) is 6.33 Å². The Labute approximate surface area is 312 Å². The fraction of sp³-hybridized carbons (Fsp3) is 0.289. The van der Waals surface area contributed by atoms with Gasteiger partial charge < -0.3 is 34.1 Å². The summed E-state index contributed by atoms with van der Waals surface area (Å²) in [5, 5.41) is 11.2. The first kappa shape index (κ1) is 35.4. The molecule has 0 radical (unpaired) electrons. The highest BCUT2D eigenvalue weighted by Crippen LogP contribution is 2.40. The summed E-state index contributed by atoms with van der Waals surface area (Å²) in [6, 6.07) is 31.0. The van der Waals surface area contributed by atoms with Crippen LogP contribution in [0.5, 0.6) is 5.75 Å². The third-order valence-electron chi connectivity index (χ3n) is 8.87. The van der Waals surface area contributed by atoms with Gasteiger partial charge in [-0.15, -0.1) is 0 Å². The molecule has 0 spiro atoms. The molecule has 7 rings (SSSR count). The zero-order valence-electron chi connectivity index (χ0n) is 28.4. The van der Waals surface area contributed by atoms with E-state index in [-0.39, 0.29) is 19.3 Å². The molecule has 0 aliphatic carbocycles. The number of nitrogens with zero attached hydrogens (tertiary/aromatic N) is 5. The maximum absolute atomic E-state index is 12.2. The summed E-state index contributed by atoms with van der Waals surface area (Å²) >= 11 is 12.7. The largest absolute Gasteiger partial charge is 0.491 e. The van der Waals surface area contributed by atoms with Gasteiger partial charge in [0.15, 0.2) is 0 Å². The number of hydrogen-bond acceptors (Lipinski definition) is 10. The van der Waals surface area contributed by atoms with Gasteiger partial charge in [0.2, 0.25) is 5.79 Å². The Morgan fingerprint density at radius 3 is 2.27 bits per heavy atom. The Balaban J connectivity index is 0.852. The maximum atomic E-state index is 12.2. The predicted octanol–water partition coefficient (Wildman–Crippen LogP) is 6.92. The van der Waals surface area contributed by atoms with E-state index in [0.29, 0.717) is 41.1 Å². The van der Waals surface area contributed by atoms with Crippen molar-refractivity contribution in [2.45, 2.75) is 18.4 Å². The molecule has 5 aromatic rings. The highest BCUT2D eigenvalue weighted by atomic mass is 35.5. The molecule has 2 aliphatic rings. The molecule has 2 aliphatic heterocycles. The minimum atomic E-state index is -1.16. The van der Waals surface area contributed by atoms with Crippen LogP contribution in [0.1, 0.15) is 5.56 Å². The number of benzene rings is 4. The van der Waals surface area contributed by atoms with Crippen LogP contribution in [0.15, 0.2) is 110 Å². The molecule has 4 aromatic carbocycles. The number of halogens is 2. The van der Waals surface area contributed by atoms with E-state index in [1.54, 1.807) is 23.1 Å². The number of carbonyl (C=O) groups is 1. The molecule has 270 valence electrons. The molecule has 12 nitrogen and oxygen atoms in total. The number of nitrogens with one attached hydrogen (secondary N) is 2. The molecular weight excluding hydrogens is 705 g/mol. The van der Waals surface area contributed by atoms with E-state index in [2.05, 4.69) is 42.6 Å². The van der Waals surface area contributed by atoms with Gasteiger partial charge in [0.05, 0.1) is 11.6 Å². The smallest absolute Gasteiger partial charge is 0.411 e. The molecular formula is C38H39Cl2N7O5. The molecule has 3 heterocycles. The lowest BCUT2D eigenvalue weighted by Crippen LogP contribution is -2.46. The van der Waals surface area contributed by atoms with Gasteiger partial charge in [0.25, 0.3) is 0 Å². The molecule has 0 saturated carbocycles. The summed E-state index contributed by atoms with van der Waals surface area (Å²) < 4.78 is 25.8. The third kappa shape index (κ3) is 8.88. The zero-order valence-corrected chi connectivity index (χ0v) is 29.9. The Kier molecular flexibility index (Phi) is 11.3. The van der Waals surface area contributed by atoms with Crippen molar-refractivity contribution in [1.82, 2.24) is 14.8 Å². The van der Waals surface area contributed by atoms with Crippen molar-refractivity contribution >= 4 is 52.0 Å². The maximum Gasteiger partial charge on any atom is 0.411 e. The number of piperazine rings is 1. The molecule has 0 bridgehead atoms. The van der Waals surface area contributed by atoms with Crippen LogP contribution >= 0.6 is 23.2 Å². The van der Waals surface area contributed by atoms with Gasteiger partial charge in [-0.3, -0.25) is 5.32 Å². The number of ether oxygens (including phenoxy) is 4. The summed E-state index contributed by atoms with van der Waals surface area (Å²) in [6.45, 7) is 5.15. The van der Waals surface area contributed by atoms with Crippen LogP contribution in [0.3, 0.4) is 0 Å². The molecule has 2 saturated heterocycles. The number of carbonyl (C=O) groups excluding carboxylic acids is 1. The first-order chi connectivity index (χ1) is 25.4. The van der Waals surface area contributed by atoms with Gasteiger partial charge in [-0.05, 0) is 72.8 Å². The minimum absolute atomic E-state index is 0.262. The normalized spacial score (nSPS) is 18.6. The monoisotopic (exact) mass is 743 g/mol. The molecule has 2 N–H and O–H groups in total. The van der Waals surface area contributed by atoms with E-state index < -0.39 is 11.9 Å². The van der Waals surface area contributed by atoms with Gasteiger partial charge in [0.1, 0.15) is 44.3 Å². The molecule has 2 fully saturated rings. The summed E-state index contributed by atoms with van der Waals surface area (Å²) in [5.74, 6) is -0.422. The summed E-state index contributed by atoms with van der Waals surface area (Å²) in [4.78, 5) is 21.0. The van der Waals surface area contributed by atoms with E-state index in [0.717, 1.165) is 49.0 Å². The topological polar surface area (TPSA) is 115 Å². The van der Waals surface area contributed by atoms with Crippen molar-refractivity contribution in [3.8, 4) is 5.75 Å². The highest BCUT2D eigenvalue weighted by Gasteiger charge is 2.45. The zero-order chi connectivity index (χ0) is 35.8. The number of amides is 1. The quantitative estimate of drug-likeness (QED) is 0.123. The SMILES string of the molecule is O=C(Nc1ccc(N2CCN(c3ccc(OC[C@@H]4CO[C@@](Cn5cncn5)(c5ccc(Cl)cc5Cl)O4)cc3)CC2)cc1)OCCNc1ccccc1. The van der Waals surface area contributed by atoms with Crippen LogP contribution in [-0.2, 0) is 26.5 Å². The van der Waals surface area contributed by atoms with Crippen LogP contribution in [0.2, 0.25) is 10.0 Å². The van der Waals surface area contributed by atoms with Crippen LogP contribution in [0.4, 0.5) is 27.5 Å². The average Bonchev–Trinajstić information content (AvgIpc) is 3.84. The van der Waals surface area contributed by atoms with Crippen LogP contribution in [0, 0.1) is 0 Å². The number of rotatable bonds is 13. The average molecular weight is 745 g/mol. The fourth-order valence-electron chi connectivity index (χ4n) is 6.25. The Morgan fingerprint density at radius 1 is 0.885 bits per heavy atom. The summed E-state index contributed by atoms with van der Waals surface area (Å²) in [6.07, 6.45) is 2.25. The number of anilines is 4. The number of hydrogen-bond donors (Lipinski definition) is 2. The molecule has 0 unspecified atom stereocenters. The molecule has 1 aromatic heterocycles. The number of aromatic nitrogens is 3. The van der Waals surface area contributed by atoms with Crippen molar-refractivity contribution in [3.05, 3.63) is 125 Å². The van der Waals surface area contributed by atoms with Gasteiger partial charge >= 0.3 is 6.09 Å². The van der Waals surface area contributed by atoms with Crippen molar-refractivity contribution in [2.24, 2.45) is 0 Å². The second-order valence-corrected chi connectivity index (χ2v) is 13.2. The van der Waals surface area contributed by atoms with E-state index in [1.807, 2.05) is 72.8 Å². The van der Waals surface area contributed by atoms with Gasteiger partial charge in [-0.1, -0.05) is 47.5 Å². The van der Waals surface area contributed by atoms with Crippen molar-refractivity contribution in [1.29, 1.82) is 0 Å². The fourth-order valence-corrected chi connectivity index (χ4v) is 6.80. The molecule has 52 heavy (non-hydrogen) atoms. The van der Waals surface area contributed by atoms with Crippen LogP contribution < -0.4 is 25.2 Å².